The van der Waals surface area contributed by atoms with E-state index in [1.807, 2.05) is 20.8 Å². The summed E-state index contributed by atoms with van der Waals surface area (Å²) in [6, 6.07) is 0. The highest BCUT2D eigenvalue weighted by Crippen LogP contribution is 2.23. The van der Waals surface area contributed by atoms with E-state index in [0.717, 1.165) is 6.42 Å². The second kappa shape index (κ2) is 10.5. The van der Waals surface area contributed by atoms with Gasteiger partial charge < -0.3 is 0 Å². The molecule has 0 amide bonds. The van der Waals surface area contributed by atoms with Crippen LogP contribution in [0.5, 0.6) is 0 Å². The third-order valence-electron chi connectivity index (χ3n) is 3.93. The fourth-order valence-electron chi connectivity index (χ4n) is 2.63. The maximum Gasteiger partial charge on any atom is 0.140 e. The van der Waals surface area contributed by atoms with Gasteiger partial charge in [0.25, 0.3) is 0 Å². The number of unbranched alkanes of at least 4 members (excludes halogenated alkanes) is 8. The Hall–Kier alpha value is -0.330. The topological polar surface area (TPSA) is 17.1 Å². The van der Waals surface area contributed by atoms with Gasteiger partial charge in [0, 0.05) is 11.3 Å². The van der Waals surface area contributed by atoms with Crippen LogP contribution < -0.4 is 0 Å². The maximum atomic E-state index is 12.0. The van der Waals surface area contributed by atoms with Gasteiger partial charge in [-0.2, -0.15) is 0 Å². The summed E-state index contributed by atoms with van der Waals surface area (Å²) < 4.78 is 0. The molecule has 1 nitrogen and oxygen atoms in total. The molecule has 0 aromatic heterocycles. The van der Waals surface area contributed by atoms with E-state index in [0.29, 0.717) is 5.78 Å². The third-order valence-corrected chi connectivity index (χ3v) is 3.93. The van der Waals surface area contributed by atoms with Gasteiger partial charge in [-0.25, -0.2) is 0 Å². The molecule has 0 aliphatic carbocycles. The van der Waals surface area contributed by atoms with Crippen molar-refractivity contribution >= 4 is 5.78 Å². The molecular formula is C18H36O. The molecule has 0 saturated carbocycles. The van der Waals surface area contributed by atoms with Gasteiger partial charge in [0.15, 0.2) is 0 Å². The zero-order valence-corrected chi connectivity index (χ0v) is 14.1. The molecular weight excluding hydrogens is 232 g/mol. The molecule has 0 aromatic carbocycles. The quantitative estimate of drug-likeness (QED) is 0.410. The first kappa shape index (κ1) is 18.7. The molecule has 0 fully saturated rings. The maximum absolute atomic E-state index is 12.0. The number of rotatable bonds is 11. The van der Waals surface area contributed by atoms with Crippen LogP contribution in [0.1, 0.15) is 98.8 Å². The second-order valence-corrected chi connectivity index (χ2v) is 7.13. The summed E-state index contributed by atoms with van der Waals surface area (Å²) in [5.41, 5.74) is -0.168. The van der Waals surface area contributed by atoms with E-state index < -0.39 is 0 Å². The molecule has 0 aliphatic heterocycles. The van der Waals surface area contributed by atoms with E-state index in [1.54, 1.807) is 0 Å². The molecule has 0 saturated heterocycles. The Morgan fingerprint density at radius 1 is 0.842 bits per heavy atom. The Morgan fingerprint density at radius 2 is 1.26 bits per heavy atom. The minimum atomic E-state index is -0.168. The lowest BCUT2D eigenvalue weighted by Gasteiger charge is -2.21. The molecule has 0 aromatic rings. The molecule has 114 valence electrons. The van der Waals surface area contributed by atoms with Crippen molar-refractivity contribution in [2.75, 3.05) is 0 Å². The Morgan fingerprint density at radius 3 is 1.68 bits per heavy atom. The molecule has 0 bridgehead atoms. The van der Waals surface area contributed by atoms with Crippen LogP contribution in [-0.4, -0.2) is 5.78 Å². The van der Waals surface area contributed by atoms with Crippen molar-refractivity contribution in [3.8, 4) is 0 Å². The summed E-state index contributed by atoms with van der Waals surface area (Å²) in [4.78, 5) is 12.0. The van der Waals surface area contributed by atoms with Crippen LogP contribution in [0.4, 0.5) is 0 Å². The molecule has 1 atom stereocenters. The van der Waals surface area contributed by atoms with Crippen molar-refractivity contribution < 1.29 is 4.79 Å². The van der Waals surface area contributed by atoms with Crippen LogP contribution in [0.2, 0.25) is 0 Å². The van der Waals surface area contributed by atoms with Crippen LogP contribution in [0, 0.1) is 11.3 Å². The van der Waals surface area contributed by atoms with Gasteiger partial charge in [-0.15, -0.1) is 0 Å². The fourth-order valence-corrected chi connectivity index (χ4v) is 2.63. The van der Waals surface area contributed by atoms with E-state index in [9.17, 15) is 4.79 Å². The summed E-state index contributed by atoms with van der Waals surface area (Å²) in [5, 5.41) is 0. The number of carbonyl (C=O) groups is 1. The van der Waals surface area contributed by atoms with E-state index in [2.05, 4.69) is 13.8 Å². The molecule has 0 heterocycles. The number of carbonyl (C=O) groups excluding carboxylic acids is 1. The highest BCUT2D eigenvalue weighted by atomic mass is 16.1. The van der Waals surface area contributed by atoms with Gasteiger partial charge in [0.05, 0.1) is 0 Å². The third kappa shape index (κ3) is 10.2. The van der Waals surface area contributed by atoms with E-state index in [-0.39, 0.29) is 11.3 Å². The van der Waals surface area contributed by atoms with E-state index >= 15 is 0 Å². The normalized spacial score (nSPS) is 13.5. The molecule has 0 spiro atoms. The van der Waals surface area contributed by atoms with Crippen LogP contribution >= 0.6 is 0 Å². The minimum absolute atomic E-state index is 0.168. The van der Waals surface area contributed by atoms with Crippen molar-refractivity contribution in [2.45, 2.75) is 98.8 Å². The smallest absolute Gasteiger partial charge is 0.140 e. The number of Topliss-reactive ketones (excluding diaryl/α,β-unsaturated/α-hetero) is 1. The molecule has 0 radical (unpaired) electrons. The first-order chi connectivity index (χ1) is 8.89. The summed E-state index contributed by atoms with van der Waals surface area (Å²) in [7, 11) is 0. The van der Waals surface area contributed by atoms with Gasteiger partial charge in [-0.3, -0.25) is 4.79 Å². The molecule has 0 aliphatic rings. The van der Waals surface area contributed by atoms with Crippen LogP contribution in [0.15, 0.2) is 0 Å². The zero-order valence-electron chi connectivity index (χ0n) is 14.1. The SMILES string of the molecule is CCCCCCCCCCCC(C)C(=O)C(C)(C)C. The molecule has 19 heavy (non-hydrogen) atoms. The van der Waals surface area contributed by atoms with Crippen molar-refractivity contribution in [1.29, 1.82) is 0 Å². The molecule has 0 rings (SSSR count). The Balaban J connectivity index is 3.42. The summed E-state index contributed by atoms with van der Waals surface area (Å²) in [6.07, 6.45) is 13.3. The standard InChI is InChI=1S/C18H36O/c1-6-7-8-9-10-11-12-13-14-15-16(2)17(19)18(3,4)5/h16H,6-15H2,1-5H3. The number of hydrogen-bond donors (Lipinski definition) is 0. The van der Waals surface area contributed by atoms with Gasteiger partial charge in [-0.1, -0.05) is 92.4 Å². The lowest BCUT2D eigenvalue weighted by molar-refractivity contribution is -0.130. The minimum Gasteiger partial charge on any atom is -0.299 e. The number of ketones is 1. The lowest BCUT2D eigenvalue weighted by atomic mass is 9.82. The van der Waals surface area contributed by atoms with Crippen LogP contribution in [0.25, 0.3) is 0 Å². The van der Waals surface area contributed by atoms with E-state index in [1.165, 1.54) is 57.8 Å². The largest absolute Gasteiger partial charge is 0.299 e. The predicted molar refractivity (Wildman–Crippen MR) is 85.5 cm³/mol. The Labute approximate surface area is 121 Å². The van der Waals surface area contributed by atoms with Crippen molar-refractivity contribution in [3.63, 3.8) is 0 Å². The first-order valence-corrected chi connectivity index (χ1v) is 8.44. The summed E-state index contributed by atoms with van der Waals surface area (Å²) in [5.74, 6) is 0.664. The van der Waals surface area contributed by atoms with Crippen molar-refractivity contribution in [1.82, 2.24) is 0 Å². The first-order valence-electron chi connectivity index (χ1n) is 8.44. The summed E-state index contributed by atoms with van der Waals surface area (Å²) >= 11 is 0. The Bertz CT molecular complexity index is 224. The van der Waals surface area contributed by atoms with Crippen LogP contribution in [-0.2, 0) is 4.79 Å². The van der Waals surface area contributed by atoms with Gasteiger partial charge in [0.2, 0.25) is 0 Å². The predicted octanol–water partition coefficient (Wildman–Crippen LogP) is 6.16. The molecule has 0 N–H and O–H groups in total. The Kier molecular flexibility index (Phi) is 10.3. The average molecular weight is 268 g/mol. The van der Waals surface area contributed by atoms with Gasteiger partial charge in [0.1, 0.15) is 5.78 Å². The van der Waals surface area contributed by atoms with Crippen LogP contribution in [0.3, 0.4) is 0 Å². The van der Waals surface area contributed by atoms with Crippen molar-refractivity contribution in [2.24, 2.45) is 11.3 Å². The number of hydrogen-bond acceptors (Lipinski definition) is 1. The second-order valence-electron chi connectivity index (χ2n) is 7.13. The van der Waals surface area contributed by atoms with Gasteiger partial charge in [-0.05, 0) is 6.42 Å². The fraction of sp³-hybridized carbons (Fsp3) is 0.944. The molecule has 1 unspecified atom stereocenters. The van der Waals surface area contributed by atoms with E-state index in [4.69, 9.17) is 0 Å². The zero-order chi connectivity index (χ0) is 14.7. The summed E-state index contributed by atoms with van der Waals surface area (Å²) in [6.45, 7) is 10.4. The highest BCUT2D eigenvalue weighted by Gasteiger charge is 2.25. The lowest BCUT2D eigenvalue weighted by Crippen LogP contribution is -2.26. The molecule has 1 heteroatoms. The van der Waals surface area contributed by atoms with Gasteiger partial charge >= 0.3 is 0 Å². The monoisotopic (exact) mass is 268 g/mol. The average Bonchev–Trinajstić information content (AvgIpc) is 2.34. The van der Waals surface area contributed by atoms with Crippen molar-refractivity contribution in [3.05, 3.63) is 0 Å². The highest BCUT2D eigenvalue weighted by molar-refractivity contribution is 5.85.